The first-order valence-corrected chi connectivity index (χ1v) is 11.2. The summed E-state index contributed by atoms with van der Waals surface area (Å²) in [6.45, 7) is 0. The zero-order valence-electron chi connectivity index (χ0n) is 18.4. The predicted octanol–water partition coefficient (Wildman–Crippen LogP) is 6.47. The van der Waals surface area contributed by atoms with Crippen molar-refractivity contribution in [1.82, 2.24) is 9.97 Å². The minimum Gasteiger partial charge on any atom is -0.311 e. The molecule has 0 bridgehead atoms. The van der Waals surface area contributed by atoms with E-state index in [4.69, 9.17) is 11.6 Å². The van der Waals surface area contributed by atoms with Gasteiger partial charge in [-0.15, -0.1) is 0 Å². The maximum atomic E-state index is 14.1. The van der Waals surface area contributed by atoms with Crippen LogP contribution in [-0.2, 0) is 12.6 Å². The lowest BCUT2D eigenvalue weighted by molar-refractivity contribution is -0.161. The zero-order valence-corrected chi connectivity index (χ0v) is 19.2. The molecule has 1 aliphatic rings. The Morgan fingerprint density at radius 2 is 1.64 bits per heavy atom. The van der Waals surface area contributed by atoms with Crippen molar-refractivity contribution in [2.45, 2.75) is 37.5 Å². The van der Waals surface area contributed by atoms with E-state index in [0.29, 0.717) is 10.6 Å². The van der Waals surface area contributed by atoms with Gasteiger partial charge in [-0.25, -0.2) is 4.79 Å². The third kappa shape index (κ3) is 5.59. The highest BCUT2D eigenvalue weighted by Crippen LogP contribution is 2.47. The minimum atomic E-state index is -4.62. The number of hydrogen-bond donors (Lipinski definition) is 2. The van der Waals surface area contributed by atoms with E-state index in [2.05, 4.69) is 4.98 Å². The van der Waals surface area contributed by atoms with Crippen LogP contribution in [0.15, 0.2) is 64.2 Å². The van der Waals surface area contributed by atoms with Gasteiger partial charge in [-0.1, -0.05) is 48.0 Å². The molecule has 4 rings (SSSR count). The van der Waals surface area contributed by atoms with Crippen LogP contribution < -0.4 is 11.2 Å². The molecule has 0 fully saturated rings. The monoisotopic (exact) mass is 528 g/mol. The van der Waals surface area contributed by atoms with Gasteiger partial charge in [0.05, 0.1) is 11.5 Å². The first kappa shape index (κ1) is 25.8. The van der Waals surface area contributed by atoms with Crippen LogP contribution in [0.3, 0.4) is 0 Å². The number of allylic oxidation sites excluding steroid dienone is 2. The quantitative estimate of drug-likeness (QED) is 0.381. The fraction of sp³-hybridized carbons (Fsp3) is 0.280. The number of aromatic amines is 2. The molecule has 2 unspecified atom stereocenters. The molecule has 3 aromatic rings. The molecule has 2 atom stereocenters. The number of halogens is 7. The molecule has 11 heteroatoms. The maximum absolute atomic E-state index is 14.1. The summed E-state index contributed by atoms with van der Waals surface area (Å²) in [6.07, 6.45) is -8.48. The van der Waals surface area contributed by atoms with E-state index in [1.807, 2.05) is 4.98 Å². The predicted molar refractivity (Wildman–Crippen MR) is 123 cm³/mol. The number of hydrogen-bond acceptors (Lipinski definition) is 2. The lowest BCUT2D eigenvalue weighted by atomic mass is 9.76. The third-order valence-electron chi connectivity index (χ3n) is 6.21. The highest BCUT2D eigenvalue weighted by atomic mass is 35.5. The summed E-state index contributed by atoms with van der Waals surface area (Å²) in [5, 5.41) is 0.372. The van der Waals surface area contributed by atoms with E-state index < -0.39 is 47.4 Å². The van der Waals surface area contributed by atoms with E-state index in [9.17, 15) is 35.9 Å². The van der Waals surface area contributed by atoms with Crippen molar-refractivity contribution in [1.29, 1.82) is 0 Å². The number of aromatic nitrogens is 2. The molecule has 0 radical (unpaired) electrons. The Kier molecular flexibility index (Phi) is 6.92. The molecule has 0 amide bonds. The Hall–Kier alpha value is -3.27. The summed E-state index contributed by atoms with van der Waals surface area (Å²) in [5.41, 5.74) is -2.24. The fourth-order valence-electron chi connectivity index (χ4n) is 4.54. The van der Waals surface area contributed by atoms with Crippen molar-refractivity contribution in [3.8, 4) is 0 Å². The SMILES string of the molecule is O=c1[nH]c(C2CC=C(c3ccc(Cl)cc3)C(C(F)(F)F)C2)c(Cc2cccc(C(F)(F)F)c2)c(=O)[nH]1. The van der Waals surface area contributed by atoms with Gasteiger partial charge >= 0.3 is 18.0 Å². The van der Waals surface area contributed by atoms with E-state index in [1.165, 1.54) is 42.5 Å². The molecule has 1 aliphatic carbocycles. The van der Waals surface area contributed by atoms with Crippen LogP contribution in [-0.4, -0.2) is 16.1 Å². The van der Waals surface area contributed by atoms with Gasteiger partial charge in [0, 0.05) is 28.6 Å². The van der Waals surface area contributed by atoms with Crippen LogP contribution in [0.4, 0.5) is 26.3 Å². The van der Waals surface area contributed by atoms with Gasteiger partial charge in [0.1, 0.15) is 0 Å². The Bertz CT molecular complexity index is 1400. The number of alkyl halides is 6. The molecule has 2 aromatic carbocycles. The molecule has 2 N–H and O–H groups in total. The number of H-pyrrole nitrogens is 2. The van der Waals surface area contributed by atoms with Crippen molar-refractivity contribution in [3.63, 3.8) is 0 Å². The second-order valence-corrected chi connectivity index (χ2v) is 9.04. The maximum Gasteiger partial charge on any atom is 0.416 e. The summed E-state index contributed by atoms with van der Waals surface area (Å²) in [5.74, 6) is -2.77. The van der Waals surface area contributed by atoms with Crippen LogP contribution in [0, 0.1) is 5.92 Å². The average Bonchev–Trinajstić information content (AvgIpc) is 2.80. The molecular weight excluding hydrogens is 510 g/mol. The minimum absolute atomic E-state index is 0.0122. The van der Waals surface area contributed by atoms with Crippen LogP contribution >= 0.6 is 11.6 Å². The first-order valence-electron chi connectivity index (χ1n) is 10.9. The summed E-state index contributed by atoms with van der Waals surface area (Å²) in [6, 6.07) is 10.2. The van der Waals surface area contributed by atoms with Crippen LogP contribution in [0.5, 0.6) is 0 Å². The molecule has 0 saturated heterocycles. The molecule has 36 heavy (non-hydrogen) atoms. The van der Waals surface area contributed by atoms with Crippen LogP contribution in [0.2, 0.25) is 5.02 Å². The molecule has 0 spiro atoms. The van der Waals surface area contributed by atoms with Crippen LogP contribution in [0.25, 0.3) is 5.57 Å². The molecule has 1 aromatic heterocycles. The Morgan fingerprint density at radius 1 is 0.944 bits per heavy atom. The molecule has 0 aliphatic heterocycles. The number of rotatable bonds is 4. The topological polar surface area (TPSA) is 65.7 Å². The Balaban J connectivity index is 1.75. The van der Waals surface area contributed by atoms with Crippen molar-refractivity contribution in [2.75, 3.05) is 0 Å². The number of benzene rings is 2. The second kappa shape index (κ2) is 9.65. The average molecular weight is 529 g/mol. The van der Waals surface area contributed by atoms with Crippen molar-refractivity contribution < 1.29 is 26.3 Å². The van der Waals surface area contributed by atoms with Crippen molar-refractivity contribution in [2.24, 2.45) is 5.92 Å². The lowest BCUT2D eigenvalue weighted by Gasteiger charge is -2.32. The highest BCUT2D eigenvalue weighted by Gasteiger charge is 2.45. The normalized spacial score (nSPS) is 18.7. The van der Waals surface area contributed by atoms with Crippen LogP contribution in [0.1, 0.15) is 46.7 Å². The van der Waals surface area contributed by atoms with Gasteiger partial charge in [0.2, 0.25) is 0 Å². The Morgan fingerprint density at radius 3 is 2.28 bits per heavy atom. The van der Waals surface area contributed by atoms with Gasteiger partial charge in [-0.05, 0) is 47.7 Å². The summed E-state index contributed by atoms with van der Waals surface area (Å²) in [7, 11) is 0. The zero-order chi connectivity index (χ0) is 26.3. The summed E-state index contributed by atoms with van der Waals surface area (Å²) in [4.78, 5) is 29.1. The lowest BCUT2D eigenvalue weighted by Crippen LogP contribution is -2.33. The van der Waals surface area contributed by atoms with Gasteiger partial charge in [0.15, 0.2) is 0 Å². The van der Waals surface area contributed by atoms with E-state index in [-0.39, 0.29) is 35.2 Å². The van der Waals surface area contributed by atoms with Gasteiger partial charge in [-0.3, -0.25) is 9.78 Å². The van der Waals surface area contributed by atoms with E-state index >= 15 is 0 Å². The Labute approximate surface area is 205 Å². The molecule has 0 saturated carbocycles. The fourth-order valence-corrected chi connectivity index (χ4v) is 4.67. The largest absolute Gasteiger partial charge is 0.416 e. The second-order valence-electron chi connectivity index (χ2n) is 8.60. The number of nitrogens with one attached hydrogen (secondary N) is 2. The molecule has 190 valence electrons. The molecule has 1 heterocycles. The third-order valence-corrected chi connectivity index (χ3v) is 6.46. The first-order chi connectivity index (χ1) is 16.8. The smallest absolute Gasteiger partial charge is 0.311 e. The summed E-state index contributed by atoms with van der Waals surface area (Å²) < 4.78 is 81.7. The highest BCUT2D eigenvalue weighted by molar-refractivity contribution is 6.30. The van der Waals surface area contributed by atoms with Gasteiger partial charge < -0.3 is 4.98 Å². The molecular formula is C25H19ClF6N2O2. The van der Waals surface area contributed by atoms with E-state index in [0.717, 1.165) is 12.1 Å². The van der Waals surface area contributed by atoms with Gasteiger partial charge in [-0.2, -0.15) is 26.3 Å². The standard InChI is InChI=1S/C25H19ClF6N2O2/c26-17-7-4-14(5-8-17)18-9-6-15(12-20(18)25(30,31)32)21-19(22(35)34-23(36)33-21)11-13-2-1-3-16(10-13)24(27,28)29/h1-5,7-10,15,20H,6,11-12H2,(H2,33,34,35,36). The summed E-state index contributed by atoms with van der Waals surface area (Å²) >= 11 is 5.86. The van der Waals surface area contributed by atoms with Gasteiger partial charge in [0.25, 0.3) is 5.56 Å². The van der Waals surface area contributed by atoms with Crippen molar-refractivity contribution in [3.05, 3.63) is 108 Å². The van der Waals surface area contributed by atoms with E-state index in [1.54, 1.807) is 0 Å². The molecule has 4 nitrogen and oxygen atoms in total. The van der Waals surface area contributed by atoms with Crippen molar-refractivity contribution >= 4 is 17.2 Å².